The maximum atomic E-state index is 10.2. The summed E-state index contributed by atoms with van der Waals surface area (Å²) in [5.41, 5.74) is 0.779. The first kappa shape index (κ1) is 18.4. The van der Waals surface area contributed by atoms with E-state index >= 15 is 0 Å². The van der Waals surface area contributed by atoms with E-state index in [-0.39, 0.29) is 5.75 Å². The molecule has 0 saturated carbocycles. The molecular formula is C18H23N7O3. The normalized spacial score (nSPS) is 18.4. The Morgan fingerprint density at radius 2 is 1.43 bits per heavy atom. The van der Waals surface area contributed by atoms with Crippen LogP contribution in [0.2, 0.25) is 0 Å². The second-order valence-corrected chi connectivity index (χ2v) is 6.45. The number of morpholine rings is 2. The zero-order valence-electron chi connectivity index (χ0n) is 15.5. The minimum absolute atomic E-state index is 0.0629. The van der Waals surface area contributed by atoms with E-state index in [1.165, 1.54) is 0 Å². The Balaban J connectivity index is 1.77. The second kappa shape index (κ2) is 8.36. The SMILES string of the molecule is N/N=C(/c1nc(N2CCOCC2)nc(N2CCOCC2)n1)c1ccccc1O. The highest BCUT2D eigenvalue weighted by molar-refractivity contribution is 6.12. The molecule has 3 N–H and O–H groups in total. The maximum Gasteiger partial charge on any atom is 0.230 e. The van der Waals surface area contributed by atoms with Gasteiger partial charge in [0.1, 0.15) is 11.5 Å². The lowest BCUT2D eigenvalue weighted by molar-refractivity contribution is 0.121. The number of phenols is 1. The number of anilines is 2. The van der Waals surface area contributed by atoms with Crippen molar-refractivity contribution in [3.05, 3.63) is 35.7 Å². The standard InChI is InChI=1S/C18H23N7O3/c19-23-15(13-3-1-2-4-14(13)26)16-20-17(24-5-9-27-10-6-24)22-18(21-16)25-7-11-28-12-8-25/h1-4,26H,5-12,19H2/b23-15+. The Labute approximate surface area is 162 Å². The Bertz CT molecular complexity index is 813. The summed E-state index contributed by atoms with van der Waals surface area (Å²) in [6, 6.07) is 6.84. The molecule has 0 aliphatic carbocycles. The Morgan fingerprint density at radius 3 is 1.93 bits per heavy atom. The van der Waals surface area contributed by atoms with E-state index < -0.39 is 0 Å². The molecule has 148 valence electrons. The maximum absolute atomic E-state index is 10.2. The van der Waals surface area contributed by atoms with Crippen LogP contribution >= 0.6 is 0 Å². The molecule has 4 rings (SSSR count). The van der Waals surface area contributed by atoms with Crippen molar-refractivity contribution in [3.63, 3.8) is 0 Å². The quantitative estimate of drug-likeness (QED) is 0.424. The average molecular weight is 385 g/mol. The summed E-state index contributed by atoms with van der Waals surface area (Å²) >= 11 is 0. The molecule has 0 atom stereocenters. The first-order valence-corrected chi connectivity index (χ1v) is 9.24. The largest absolute Gasteiger partial charge is 0.507 e. The van der Waals surface area contributed by atoms with Gasteiger partial charge in [0.05, 0.1) is 26.4 Å². The summed E-state index contributed by atoms with van der Waals surface area (Å²) in [6.45, 7) is 5.23. The average Bonchev–Trinajstić information content (AvgIpc) is 2.77. The van der Waals surface area contributed by atoms with E-state index in [1.54, 1.807) is 24.3 Å². The van der Waals surface area contributed by atoms with E-state index in [4.69, 9.17) is 15.3 Å². The molecule has 28 heavy (non-hydrogen) atoms. The summed E-state index contributed by atoms with van der Waals surface area (Å²) in [5, 5.41) is 14.1. The molecule has 0 radical (unpaired) electrons. The zero-order chi connectivity index (χ0) is 19.3. The lowest BCUT2D eigenvalue weighted by Gasteiger charge is -2.30. The third kappa shape index (κ3) is 3.82. The lowest BCUT2D eigenvalue weighted by Crippen LogP contribution is -2.40. The summed E-state index contributed by atoms with van der Waals surface area (Å²) in [7, 11) is 0. The van der Waals surface area contributed by atoms with Gasteiger partial charge in [-0.15, -0.1) is 0 Å². The van der Waals surface area contributed by atoms with Crippen LogP contribution in [-0.2, 0) is 9.47 Å². The first-order chi connectivity index (χ1) is 13.8. The third-order valence-electron chi connectivity index (χ3n) is 4.70. The van der Waals surface area contributed by atoms with Gasteiger partial charge in [0.2, 0.25) is 11.9 Å². The number of rotatable bonds is 4. The van der Waals surface area contributed by atoms with Gasteiger partial charge in [-0.05, 0) is 12.1 Å². The van der Waals surface area contributed by atoms with Crippen LogP contribution in [0.15, 0.2) is 29.4 Å². The predicted octanol–water partition coefficient (Wildman–Crippen LogP) is -0.0385. The molecular weight excluding hydrogens is 362 g/mol. The molecule has 2 fully saturated rings. The fraction of sp³-hybridized carbons (Fsp3) is 0.444. The van der Waals surface area contributed by atoms with Crippen LogP contribution in [0.4, 0.5) is 11.9 Å². The van der Waals surface area contributed by atoms with Crippen LogP contribution in [0.25, 0.3) is 0 Å². The Morgan fingerprint density at radius 1 is 0.893 bits per heavy atom. The highest BCUT2D eigenvalue weighted by Gasteiger charge is 2.23. The Hall–Kier alpha value is -2.98. The number of ether oxygens (including phenoxy) is 2. The van der Waals surface area contributed by atoms with Gasteiger partial charge in [0.15, 0.2) is 5.82 Å². The topological polar surface area (TPSA) is 122 Å². The van der Waals surface area contributed by atoms with Gasteiger partial charge in [0.25, 0.3) is 0 Å². The van der Waals surface area contributed by atoms with E-state index in [0.717, 1.165) is 0 Å². The van der Waals surface area contributed by atoms with Gasteiger partial charge in [0, 0.05) is 31.7 Å². The molecule has 0 bridgehead atoms. The fourth-order valence-electron chi connectivity index (χ4n) is 3.19. The van der Waals surface area contributed by atoms with Crippen LogP contribution in [-0.4, -0.2) is 78.4 Å². The van der Waals surface area contributed by atoms with Gasteiger partial charge in [-0.25, -0.2) is 0 Å². The van der Waals surface area contributed by atoms with Crippen molar-refractivity contribution in [2.75, 3.05) is 62.4 Å². The number of hydrogen-bond donors (Lipinski definition) is 2. The number of aromatic nitrogens is 3. The highest BCUT2D eigenvalue weighted by Crippen LogP contribution is 2.22. The van der Waals surface area contributed by atoms with Gasteiger partial charge in [-0.3, -0.25) is 0 Å². The van der Waals surface area contributed by atoms with Gasteiger partial charge in [-0.1, -0.05) is 12.1 Å². The van der Waals surface area contributed by atoms with Crippen LogP contribution in [0.5, 0.6) is 5.75 Å². The summed E-state index contributed by atoms with van der Waals surface area (Å²) in [6.07, 6.45) is 0. The molecule has 0 unspecified atom stereocenters. The van der Waals surface area contributed by atoms with Crippen LogP contribution < -0.4 is 15.6 Å². The molecule has 2 aliphatic rings. The third-order valence-corrected chi connectivity index (χ3v) is 4.70. The van der Waals surface area contributed by atoms with Crippen LogP contribution in [0.1, 0.15) is 11.4 Å². The van der Waals surface area contributed by atoms with Crippen molar-refractivity contribution >= 4 is 17.6 Å². The predicted molar refractivity (Wildman–Crippen MR) is 104 cm³/mol. The van der Waals surface area contributed by atoms with Crippen molar-refractivity contribution in [2.24, 2.45) is 10.9 Å². The number of nitrogens with zero attached hydrogens (tertiary/aromatic N) is 6. The number of hydrazone groups is 1. The van der Waals surface area contributed by atoms with E-state index in [9.17, 15) is 5.11 Å². The molecule has 10 nitrogen and oxygen atoms in total. The second-order valence-electron chi connectivity index (χ2n) is 6.45. The van der Waals surface area contributed by atoms with E-state index in [0.29, 0.717) is 81.6 Å². The molecule has 1 aromatic carbocycles. The summed E-state index contributed by atoms with van der Waals surface area (Å²) in [5.74, 6) is 7.15. The van der Waals surface area contributed by atoms with Gasteiger partial charge >= 0.3 is 0 Å². The lowest BCUT2D eigenvalue weighted by atomic mass is 10.1. The zero-order valence-corrected chi connectivity index (χ0v) is 15.5. The smallest absolute Gasteiger partial charge is 0.230 e. The van der Waals surface area contributed by atoms with E-state index in [2.05, 4.69) is 29.9 Å². The monoisotopic (exact) mass is 385 g/mol. The molecule has 3 heterocycles. The fourth-order valence-corrected chi connectivity index (χ4v) is 3.19. The van der Waals surface area contributed by atoms with E-state index in [1.807, 2.05) is 0 Å². The highest BCUT2D eigenvalue weighted by atomic mass is 16.5. The molecule has 2 aromatic rings. The minimum atomic E-state index is 0.0629. The number of aromatic hydroxyl groups is 1. The van der Waals surface area contributed by atoms with Gasteiger partial charge in [-0.2, -0.15) is 20.1 Å². The molecule has 0 spiro atoms. The van der Waals surface area contributed by atoms with Crippen molar-refractivity contribution in [3.8, 4) is 5.75 Å². The summed E-state index contributed by atoms with van der Waals surface area (Å²) < 4.78 is 10.9. The molecule has 2 saturated heterocycles. The number of phenolic OH excluding ortho intramolecular Hbond substituents is 1. The van der Waals surface area contributed by atoms with Crippen LogP contribution in [0.3, 0.4) is 0 Å². The minimum Gasteiger partial charge on any atom is -0.507 e. The number of para-hydroxylation sites is 1. The van der Waals surface area contributed by atoms with Gasteiger partial charge < -0.3 is 30.2 Å². The first-order valence-electron chi connectivity index (χ1n) is 9.24. The molecule has 10 heteroatoms. The van der Waals surface area contributed by atoms with Crippen molar-refractivity contribution < 1.29 is 14.6 Å². The number of hydrogen-bond acceptors (Lipinski definition) is 10. The van der Waals surface area contributed by atoms with Crippen molar-refractivity contribution in [1.82, 2.24) is 15.0 Å². The molecule has 2 aliphatic heterocycles. The number of benzene rings is 1. The van der Waals surface area contributed by atoms with Crippen molar-refractivity contribution in [2.45, 2.75) is 0 Å². The molecule has 1 aromatic heterocycles. The number of nitrogens with two attached hydrogens (primary N) is 1. The Kier molecular flexibility index (Phi) is 5.49. The van der Waals surface area contributed by atoms with Crippen molar-refractivity contribution in [1.29, 1.82) is 0 Å². The van der Waals surface area contributed by atoms with Crippen LogP contribution in [0, 0.1) is 0 Å². The molecule has 0 amide bonds. The summed E-state index contributed by atoms with van der Waals surface area (Å²) in [4.78, 5) is 18.0.